The molecule has 1 fully saturated rings. The van der Waals surface area contributed by atoms with Gasteiger partial charge in [0.2, 0.25) is 5.91 Å². The fourth-order valence-electron chi connectivity index (χ4n) is 2.87. The predicted octanol–water partition coefficient (Wildman–Crippen LogP) is 0.851. The summed E-state index contributed by atoms with van der Waals surface area (Å²) in [6, 6.07) is 0. The number of carbonyl (C=O) groups excluding carboxylic acids is 1. The number of carbonyl (C=O) groups is 1. The fraction of sp³-hybridized carbons (Fsp3) is 0.769. The van der Waals surface area contributed by atoms with Crippen LogP contribution in [0.5, 0.6) is 0 Å². The number of nitrogens with zero attached hydrogens (tertiary/aromatic N) is 3. The van der Waals surface area contributed by atoms with E-state index in [1.54, 1.807) is 4.90 Å². The van der Waals surface area contributed by atoms with Crippen molar-refractivity contribution in [1.29, 1.82) is 0 Å². The maximum atomic E-state index is 12.7. The molecule has 0 spiro atoms. The molecule has 106 valence electrons. The zero-order chi connectivity index (χ0) is 13.9. The Morgan fingerprint density at radius 3 is 2.84 bits per heavy atom. The maximum Gasteiger partial charge on any atom is 0.230 e. The molecule has 1 atom stereocenters. The van der Waals surface area contributed by atoms with E-state index in [2.05, 4.69) is 27.4 Å². The first-order valence-electron chi connectivity index (χ1n) is 6.91. The van der Waals surface area contributed by atoms with Gasteiger partial charge in [-0.15, -0.1) is 0 Å². The molecule has 6 heteroatoms. The molecule has 1 amide bonds. The zero-order valence-electron chi connectivity index (χ0n) is 12.0. The maximum absolute atomic E-state index is 12.7. The average Bonchev–Trinajstić information content (AvgIpc) is 2.99. The molecule has 0 saturated carbocycles. The van der Waals surface area contributed by atoms with Crippen molar-refractivity contribution in [2.24, 2.45) is 5.41 Å². The van der Waals surface area contributed by atoms with E-state index in [4.69, 9.17) is 0 Å². The van der Waals surface area contributed by atoms with Crippen molar-refractivity contribution in [1.82, 2.24) is 25.4 Å². The minimum absolute atomic E-state index is 0.210. The average molecular weight is 265 g/mol. The standard InChI is InChI=1S/C13H23N5O/c1-4-5-13(6-7-14-9-13)12(19)18(3)8-11-15-10(2)16-17-11/h14H,4-9H2,1-3H3,(H,15,16,17). The third-order valence-electron chi connectivity index (χ3n) is 3.79. The lowest BCUT2D eigenvalue weighted by Gasteiger charge is -2.31. The molecule has 0 aromatic carbocycles. The number of hydrogen-bond acceptors (Lipinski definition) is 4. The number of H-pyrrole nitrogens is 1. The highest BCUT2D eigenvalue weighted by molar-refractivity contribution is 5.83. The van der Waals surface area contributed by atoms with Crippen molar-refractivity contribution in [3.8, 4) is 0 Å². The van der Waals surface area contributed by atoms with E-state index >= 15 is 0 Å². The summed E-state index contributed by atoms with van der Waals surface area (Å²) < 4.78 is 0. The van der Waals surface area contributed by atoms with Crippen LogP contribution in [0.4, 0.5) is 0 Å². The summed E-state index contributed by atoms with van der Waals surface area (Å²) in [4.78, 5) is 18.7. The zero-order valence-corrected chi connectivity index (χ0v) is 12.0. The lowest BCUT2D eigenvalue weighted by atomic mass is 9.81. The van der Waals surface area contributed by atoms with Crippen molar-refractivity contribution in [2.45, 2.75) is 39.7 Å². The Balaban J connectivity index is 2.04. The molecule has 1 aromatic heterocycles. The lowest BCUT2D eigenvalue weighted by Crippen LogP contribution is -2.43. The Morgan fingerprint density at radius 2 is 2.32 bits per heavy atom. The number of rotatable bonds is 5. The minimum Gasteiger partial charge on any atom is -0.338 e. The summed E-state index contributed by atoms with van der Waals surface area (Å²) in [7, 11) is 1.84. The topological polar surface area (TPSA) is 73.9 Å². The second kappa shape index (κ2) is 5.69. The highest BCUT2D eigenvalue weighted by Gasteiger charge is 2.41. The van der Waals surface area contributed by atoms with E-state index in [-0.39, 0.29) is 11.3 Å². The summed E-state index contributed by atoms with van der Waals surface area (Å²) in [5, 5.41) is 10.2. The number of hydrogen-bond donors (Lipinski definition) is 2. The molecule has 0 aliphatic carbocycles. The molecule has 1 aromatic rings. The number of aromatic amines is 1. The molecular formula is C13H23N5O. The highest BCUT2D eigenvalue weighted by Crippen LogP contribution is 2.33. The van der Waals surface area contributed by atoms with E-state index in [0.717, 1.165) is 38.2 Å². The first-order chi connectivity index (χ1) is 9.07. The fourth-order valence-corrected chi connectivity index (χ4v) is 2.87. The Kier molecular flexibility index (Phi) is 4.19. The molecule has 0 radical (unpaired) electrons. The Labute approximate surface area is 114 Å². The monoisotopic (exact) mass is 265 g/mol. The summed E-state index contributed by atoms with van der Waals surface area (Å²) in [5.41, 5.74) is -0.227. The lowest BCUT2D eigenvalue weighted by molar-refractivity contribution is -0.140. The van der Waals surface area contributed by atoms with Gasteiger partial charge >= 0.3 is 0 Å². The van der Waals surface area contributed by atoms with Gasteiger partial charge in [-0.25, -0.2) is 4.98 Å². The van der Waals surface area contributed by atoms with Crippen LogP contribution in [0.3, 0.4) is 0 Å². The summed E-state index contributed by atoms with van der Waals surface area (Å²) in [6.45, 7) is 6.18. The van der Waals surface area contributed by atoms with Crippen molar-refractivity contribution in [3.05, 3.63) is 11.6 Å². The van der Waals surface area contributed by atoms with Gasteiger partial charge in [0, 0.05) is 13.6 Å². The number of nitrogens with one attached hydrogen (secondary N) is 2. The van der Waals surface area contributed by atoms with Gasteiger partial charge in [-0.2, -0.15) is 5.10 Å². The third-order valence-corrected chi connectivity index (χ3v) is 3.79. The SMILES string of the molecule is CCCC1(C(=O)N(C)Cc2n[nH]c(C)n2)CCNC1. The Morgan fingerprint density at radius 1 is 1.53 bits per heavy atom. The molecule has 0 bridgehead atoms. The van der Waals surface area contributed by atoms with Crippen LogP contribution in [-0.2, 0) is 11.3 Å². The van der Waals surface area contributed by atoms with Crippen molar-refractivity contribution in [2.75, 3.05) is 20.1 Å². The number of aryl methyl sites for hydroxylation is 1. The van der Waals surface area contributed by atoms with Gasteiger partial charge in [0.05, 0.1) is 12.0 Å². The van der Waals surface area contributed by atoms with Crippen LogP contribution in [0.25, 0.3) is 0 Å². The van der Waals surface area contributed by atoms with Crippen LogP contribution in [0.1, 0.15) is 37.8 Å². The molecule has 6 nitrogen and oxygen atoms in total. The van der Waals surface area contributed by atoms with Gasteiger partial charge in [-0.05, 0) is 26.3 Å². The number of aromatic nitrogens is 3. The molecule has 19 heavy (non-hydrogen) atoms. The van der Waals surface area contributed by atoms with Gasteiger partial charge in [-0.1, -0.05) is 13.3 Å². The molecular weight excluding hydrogens is 242 g/mol. The van der Waals surface area contributed by atoms with E-state index in [0.29, 0.717) is 12.4 Å². The van der Waals surface area contributed by atoms with Crippen LogP contribution in [0.2, 0.25) is 0 Å². The molecule has 2 N–H and O–H groups in total. The van der Waals surface area contributed by atoms with Gasteiger partial charge in [0.25, 0.3) is 0 Å². The first kappa shape index (κ1) is 14.0. The van der Waals surface area contributed by atoms with Crippen LogP contribution in [0.15, 0.2) is 0 Å². The molecule has 2 rings (SSSR count). The normalized spacial score (nSPS) is 22.7. The second-order valence-electron chi connectivity index (χ2n) is 5.46. The number of amides is 1. The predicted molar refractivity (Wildman–Crippen MR) is 72.4 cm³/mol. The second-order valence-corrected chi connectivity index (χ2v) is 5.46. The van der Waals surface area contributed by atoms with E-state index in [1.165, 1.54) is 0 Å². The third kappa shape index (κ3) is 2.94. The molecule has 1 aliphatic heterocycles. The van der Waals surface area contributed by atoms with Gasteiger partial charge < -0.3 is 10.2 Å². The molecule has 1 saturated heterocycles. The van der Waals surface area contributed by atoms with Crippen LogP contribution >= 0.6 is 0 Å². The Bertz CT molecular complexity index is 436. The quantitative estimate of drug-likeness (QED) is 0.828. The largest absolute Gasteiger partial charge is 0.338 e. The van der Waals surface area contributed by atoms with Crippen LogP contribution in [0, 0.1) is 12.3 Å². The van der Waals surface area contributed by atoms with Gasteiger partial charge in [0.1, 0.15) is 5.82 Å². The van der Waals surface area contributed by atoms with Crippen LogP contribution in [-0.4, -0.2) is 46.1 Å². The first-order valence-corrected chi connectivity index (χ1v) is 6.91. The van der Waals surface area contributed by atoms with Gasteiger partial charge in [0.15, 0.2) is 5.82 Å². The van der Waals surface area contributed by atoms with Crippen molar-refractivity contribution in [3.63, 3.8) is 0 Å². The van der Waals surface area contributed by atoms with Crippen LogP contribution < -0.4 is 5.32 Å². The smallest absolute Gasteiger partial charge is 0.230 e. The van der Waals surface area contributed by atoms with Crippen molar-refractivity contribution < 1.29 is 4.79 Å². The molecule has 1 unspecified atom stereocenters. The highest BCUT2D eigenvalue weighted by atomic mass is 16.2. The van der Waals surface area contributed by atoms with E-state index < -0.39 is 0 Å². The van der Waals surface area contributed by atoms with Gasteiger partial charge in [-0.3, -0.25) is 9.89 Å². The summed E-state index contributed by atoms with van der Waals surface area (Å²) in [5.74, 6) is 1.66. The minimum atomic E-state index is -0.227. The summed E-state index contributed by atoms with van der Waals surface area (Å²) >= 11 is 0. The Hall–Kier alpha value is -1.43. The van der Waals surface area contributed by atoms with E-state index in [9.17, 15) is 4.79 Å². The summed E-state index contributed by atoms with van der Waals surface area (Å²) in [6.07, 6.45) is 2.90. The molecule has 1 aliphatic rings. The molecule has 2 heterocycles. The van der Waals surface area contributed by atoms with E-state index in [1.807, 2.05) is 14.0 Å². The van der Waals surface area contributed by atoms with Crippen molar-refractivity contribution >= 4 is 5.91 Å².